The van der Waals surface area contributed by atoms with Gasteiger partial charge in [0.05, 0.1) is 10.8 Å². The molecule has 0 aliphatic heterocycles. The third-order valence-corrected chi connectivity index (χ3v) is 19.6. The first-order valence-electron chi connectivity index (χ1n) is 28.7. The van der Waals surface area contributed by atoms with E-state index in [9.17, 15) is 0 Å². The van der Waals surface area contributed by atoms with Crippen molar-refractivity contribution >= 4 is 21.5 Å². The summed E-state index contributed by atoms with van der Waals surface area (Å²) in [6, 6.07) is 101. The van der Waals surface area contributed by atoms with Gasteiger partial charge in [-0.2, -0.15) is 0 Å². The van der Waals surface area contributed by atoms with E-state index in [0.29, 0.717) is 0 Å². The lowest BCUT2D eigenvalue weighted by Gasteiger charge is -2.34. The highest BCUT2D eigenvalue weighted by Crippen LogP contribution is 2.64. The van der Waals surface area contributed by atoms with Crippen molar-refractivity contribution in [1.29, 1.82) is 0 Å². The number of fused-ring (bicyclic) bond motifs is 16. The summed E-state index contributed by atoms with van der Waals surface area (Å²) >= 11 is 0. The Balaban J connectivity index is 0.847. The number of hydrogen-bond acceptors (Lipinski definition) is 1. The Morgan fingerprint density at radius 2 is 0.580 bits per heavy atom. The van der Waals surface area contributed by atoms with Crippen LogP contribution in [0.15, 0.2) is 271 Å². The van der Waals surface area contributed by atoms with Gasteiger partial charge < -0.3 is 4.42 Å². The zero-order chi connectivity index (χ0) is 54.0. The molecule has 0 saturated heterocycles. The van der Waals surface area contributed by atoms with E-state index in [1.54, 1.807) is 0 Å². The molecule has 4 aliphatic rings. The van der Waals surface area contributed by atoms with E-state index < -0.39 is 10.8 Å². The summed E-state index contributed by atoms with van der Waals surface area (Å²) in [4.78, 5) is 0. The van der Waals surface area contributed by atoms with Gasteiger partial charge in [0.15, 0.2) is 0 Å². The number of hydrogen-bond donors (Lipinski definition) is 0. The molecule has 4 aliphatic carbocycles. The monoisotopic (exact) mass is 1030 g/mol. The summed E-state index contributed by atoms with van der Waals surface area (Å²) in [6.07, 6.45) is 0. The molecule has 1 nitrogen and oxygen atoms in total. The van der Waals surface area contributed by atoms with Crippen LogP contribution in [0.4, 0.5) is 0 Å². The second kappa shape index (κ2) is 16.5. The molecule has 0 spiro atoms. The molecular formula is C80H56O. The van der Waals surface area contributed by atoms with Gasteiger partial charge in [-0.05, 0) is 181 Å². The molecule has 0 radical (unpaired) electrons. The molecule has 17 rings (SSSR count). The molecule has 0 bridgehead atoms. The van der Waals surface area contributed by atoms with Gasteiger partial charge in [0, 0.05) is 22.0 Å². The van der Waals surface area contributed by atoms with E-state index in [-0.39, 0.29) is 10.8 Å². The fourth-order valence-electron chi connectivity index (χ4n) is 15.9. The predicted molar refractivity (Wildman–Crippen MR) is 334 cm³/mol. The molecule has 0 atom stereocenters. The van der Waals surface area contributed by atoms with Crippen LogP contribution in [0.3, 0.4) is 0 Å². The van der Waals surface area contributed by atoms with E-state index in [2.05, 4.69) is 295 Å². The van der Waals surface area contributed by atoms with Crippen molar-refractivity contribution in [2.75, 3.05) is 0 Å². The fourth-order valence-corrected chi connectivity index (χ4v) is 15.9. The molecule has 1 aromatic heterocycles. The highest BCUT2D eigenvalue weighted by Gasteiger charge is 2.51. The molecule has 0 fully saturated rings. The Morgan fingerprint density at radius 1 is 0.247 bits per heavy atom. The van der Waals surface area contributed by atoms with Gasteiger partial charge in [-0.15, -0.1) is 0 Å². The molecule has 0 unspecified atom stereocenters. The second-order valence-corrected chi connectivity index (χ2v) is 24.2. The second-order valence-electron chi connectivity index (χ2n) is 24.2. The van der Waals surface area contributed by atoms with Crippen LogP contribution in [0.5, 0.6) is 0 Å². The van der Waals surface area contributed by atoms with Crippen LogP contribution in [0.2, 0.25) is 0 Å². The summed E-state index contributed by atoms with van der Waals surface area (Å²) in [5.41, 5.74) is 26.7. The summed E-state index contributed by atoms with van der Waals surface area (Å²) < 4.78 is 7.23. The van der Waals surface area contributed by atoms with E-state index in [1.807, 2.05) is 0 Å². The van der Waals surface area contributed by atoms with Gasteiger partial charge in [0.1, 0.15) is 11.5 Å². The Bertz CT molecular complexity index is 4400. The molecule has 13 aromatic rings. The van der Waals surface area contributed by atoms with Gasteiger partial charge in [-0.1, -0.05) is 246 Å². The zero-order valence-electron chi connectivity index (χ0n) is 45.8. The topological polar surface area (TPSA) is 13.1 Å². The summed E-state index contributed by atoms with van der Waals surface area (Å²) in [5.74, 6) is 1.68. The van der Waals surface area contributed by atoms with Crippen molar-refractivity contribution in [3.05, 3.63) is 334 Å². The number of benzene rings is 12. The lowest BCUT2D eigenvalue weighted by atomic mass is 9.67. The van der Waals surface area contributed by atoms with Crippen molar-refractivity contribution in [1.82, 2.24) is 0 Å². The van der Waals surface area contributed by atoms with E-state index in [1.165, 1.54) is 133 Å². The molecule has 382 valence electrons. The maximum atomic E-state index is 7.23. The van der Waals surface area contributed by atoms with Crippen molar-refractivity contribution in [3.63, 3.8) is 0 Å². The zero-order valence-corrected chi connectivity index (χ0v) is 45.8. The lowest BCUT2D eigenvalue weighted by Crippen LogP contribution is -2.28. The van der Waals surface area contributed by atoms with E-state index in [0.717, 1.165) is 22.6 Å². The number of rotatable bonds is 6. The molecular weight excluding hydrogens is 977 g/mol. The molecule has 81 heavy (non-hydrogen) atoms. The summed E-state index contributed by atoms with van der Waals surface area (Å²) in [7, 11) is 0. The Labute approximate surface area is 473 Å². The van der Waals surface area contributed by atoms with Crippen molar-refractivity contribution in [2.24, 2.45) is 0 Å². The quantitative estimate of drug-likeness (QED) is 0.162. The van der Waals surface area contributed by atoms with Crippen LogP contribution < -0.4 is 0 Å². The third kappa shape index (κ3) is 6.05. The van der Waals surface area contributed by atoms with Crippen LogP contribution >= 0.6 is 0 Å². The highest BCUT2D eigenvalue weighted by atomic mass is 16.3. The molecule has 1 heteroatoms. The van der Waals surface area contributed by atoms with Crippen molar-refractivity contribution in [2.45, 2.75) is 49.4 Å². The van der Waals surface area contributed by atoms with Gasteiger partial charge in [-0.3, -0.25) is 0 Å². The third-order valence-electron chi connectivity index (χ3n) is 19.6. The molecule has 1 heterocycles. The van der Waals surface area contributed by atoms with Gasteiger partial charge in [0.25, 0.3) is 0 Å². The molecule has 12 aromatic carbocycles. The predicted octanol–water partition coefficient (Wildman–Crippen LogP) is 20.3. The van der Waals surface area contributed by atoms with Gasteiger partial charge in [-0.25, -0.2) is 0 Å². The van der Waals surface area contributed by atoms with Crippen molar-refractivity contribution < 1.29 is 4.42 Å². The Kier molecular flexibility index (Phi) is 9.45. The lowest BCUT2D eigenvalue weighted by molar-refractivity contribution is 0.597. The minimum absolute atomic E-state index is 0.181. The maximum absolute atomic E-state index is 7.23. The van der Waals surface area contributed by atoms with Crippen LogP contribution in [0.25, 0.3) is 88.7 Å². The van der Waals surface area contributed by atoms with Crippen LogP contribution in [0, 0.1) is 0 Å². The Morgan fingerprint density at radius 3 is 0.963 bits per heavy atom. The average Bonchev–Trinajstić information content (AvgIpc) is 2.49. The standard InChI is InChI=1S/C80H56O/c1-77(2)65-39-35-49-21-17-19-31-57(49)75(65)63-47-71-61(45-67(63)77)59-37-33-51(43-69(59)79(71,53-23-9-5-10-24-53)54-25-11-6-12-26-54)73-41-42-74(81-73)52-34-38-60-62-46-68-64(76-58-32-20-18-22-50(58)36-40-66(76)78(68,3)4)48-72(62)80(70(60)44-52,55-27-13-7-14-28-55)56-29-15-8-16-30-56/h5-48H,1-4H3. The molecule has 0 N–H and O–H groups in total. The van der Waals surface area contributed by atoms with E-state index in [4.69, 9.17) is 4.42 Å². The number of furan rings is 1. The van der Waals surface area contributed by atoms with Crippen LogP contribution in [0.1, 0.15) is 94.5 Å². The summed E-state index contributed by atoms with van der Waals surface area (Å²) in [6.45, 7) is 9.63. The first-order valence-corrected chi connectivity index (χ1v) is 28.7. The van der Waals surface area contributed by atoms with Crippen LogP contribution in [-0.2, 0) is 21.7 Å². The van der Waals surface area contributed by atoms with Gasteiger partial charge in [0.2, 0.25) is 0 Å². The van der Waals surface area contributed by atoms with Crippen LogP contribution in [-0.4, -0.2) is 0 Å². The van der Waals surface area contributed by atoms with E-state index >= 15 is 0 Å². The largest absolute Gasteiger partial charge is 0.456 e. The average molecular weight is 1030 g/mol. The summed E-state index contributed by atoms with van der Waals surface area (Å²) in [5, 5.41) is 5.16. The minimum atomic E-state index is -0.608. The Hall–Kier alpha value is -9.56. The first kappa shape index (κ1) is 46.4. The maximum Gasteiger partial charge on any atom is 0.134 e. The first-order chi connectivity index (χ1) is 39.7. The smallest absolute Gasteiger partial charge is 0.134 e. The normalized spacial score (nSPS) is 15.6. The minimum Gasteiger partial charge on any atom is -0.456 e. The molecule has 0 amide bonds. The van der Waals surface area contributed by atoms with Crippen molar-refractivity contribution in [3.8, 4) is 67.2 Å². The van der Waals surface area contributed by atoms with Gasteiger partial charge >= 0.3 is 0 Å². The molecule has 0 saturated carbocycles. The highest BCUT2D eigenvalue weighted by molar-refractivity contribution is 6.06. The fraction of sp³-hybridized carbons (Fsp3) is 0.100. The SMILES string of the molecule is CC1(C)c2cc3c(cc2-c2c1ccc1ccccc21)C(c1ccccc1)(c1ccccc1)c1cc(-c2ccc(-c4ccc5c(c4)C(c4ccccc4)(c4ccccc4)c4cc6c(cc4-5)C(C)(C)c4ccc5ccccc5c4-6)o2)ccc1-3.